The van der Waals surface area contributed by atoms with Crippen molar-refractivity contribution in [2.24, 2.45) is 0 Å². The summed E-state index contributed by atoms with van der Waals surface area (Å²) in [5.41, 5.74) is 1.61. The van der Waals surface area contributed by atoms with E-state index in [4.69, 9.17) is 4.74 Å². The Kier molecular flexibility index (Phi) is 4.45. The van der Waals surface area contributed by atoms with Crippen LogP contribution in [0.5, 0.6) is 11.5 Å². The minimum Gasteiger partial charge on any atom is -0.508 e. The lowest BCUT2D eigenvalue weighted by Gasteiger charge is -2.14. The predicted molar refractivity (Wildman–Crippen MR) is 77.2 cm³/mol. The van der Waals surface area contributed by atoms with Crippen LogP contribution in [0.15, 0.2) is 46.9 Å². The molecule has 0 aliphatic carbocycles. The molecule has 0 radical (unpaired) electrons. The van der Waals surface area contributed by atoms with Crippen molar-refractivity contribution in [3.63, 3.8) is 0 Å². The number of aromatic hydroxyl groups is 1. The summed E-state index contributed by atoms with van der Waals surface area (Å²) >= 11 is 3.38. The van der Waals surface area contributed by atoms with Gasteiger partial charge in [-0.1, -0.05) is 34.1 Å². The molecule has 0 amide bonds. The minimum atomic E-state index is -0.590. The van der Waals surface area contributed by atoms with E-state index < -0.39 is 6.10 Å². The van der Waals surface area contributed by atoms with Gasteiger partial charge in [-0.3, -0.25) is 0 Å². The molecule has 2 N–H and O–H groups in total. The van der Waals surface area contributed by atoms with Gasteiger partial charge >= 0.3 is 0 Å². The average Bonchev–Trinajstić information content (AvgIpc) is 2.36. The first-order chi connectivity index (χ1) is 9.06. The molecule has 0 saturated heterocycles. The van der Waals surface area contributed by atoms with Crippen molar-refractivity contribution >= 4 is 15.9 Å². The van der Waals surface area contributed by atoms with Crippen LogP contribution >= 0.6 is 15.9 Å². The van der Waals surface area contributed by atoms with Gasteiger partial charge in [0, 0.05) is 10.0 Å². The Morgan fingerprint density at radius 3 is 2.68 bits per heavy atom. The van der Waals surface area contributed by atoms with Crippen molar-refractivity contribution in [2.75, 3.05) is 0 Å². The number of halogens is 1. The predicted octanol–water partition coefficient (Wildman–Crippen LogP) is 3.79. The summed E-state index contributed by atoms with van der Waals surface area (Å²) in [6.07, 6.45) is -0.590. The number of hydrogen-bond donors (Lipinski definition) is 2. The molecule has 1 unspecified atom stereocenters. The second kappa shape index (κ2) is 6.08. The van der Waals surface area contributed by atoms with E-state index >= 15 is 0 Å². The standard InChI is InChI=1S/C15H15BrO3/c1-10(17)14-6-5-12(16)8-15(14)19-9-11-3-2-4-13(18)7-11/h2-8,10,17-18H,9H2,1H3. The van der Waals surface area contributed by atoms with Crippen LogP contribution in [0.1, 0.15) is 24.2 Å². The maximum atomic E-state index is 9.70. The van der Waals surface area contributed by atoms with Crippen molar-refractivity contribution in [2.45, 2.75) is 19.6 Å². The first-order valence-corrected chi connectivity index (χ1v) is 6.74. The van der Waals surface area contributed by atoms with Crippen LogP contribution in [-0.2, 0) is 6.61 Å². The van der Waals surface area contributed by atoms with E-state index in [1.165, 1.54) is 0 Å². The van der Waals surface area contributed by atoms with E-state index in [9.17, 15) is 10.2 Å². The first-order valence-electron chi connectivity index (χ1n) is 5.94. The lowest BCUT2D eigenvalue weighted by molar-refractivity contribution is 0.190. The molecule has 2 aromatic rings. The highest BCUT2D eigenvalue weighted by Gasteiger charge is 2.10. The molecule has 0 aliphatic heterocycles. The molecule has 100 valence electrons. The van der Waals surface area contributed by atoms with Gasteiger partial charge in [0.25, 0.3) is 0 Å². The zero-order chi connectivity index (χ0) is 13.8. The monoisotopic (exact) mass is 322 g/mol. The fourth-order valence-electron chi connectivity index (χ4n) is 1.79. The molecule has 0 saturated carbocycles. The molecule has 19 heavy (non-hydrogen) atoms. The number of ether oxygens (including phenoxy) is 1. The van der Waals surface area contributed by atoms with Gasteiger partial charge in [-0.2, -0.15) is 0 Å². The van der Waals surface area contributed by atoms with E-state index in [1.807, 2.05) is 24.3 Å². The van der Waals surface area contributed by atoms with Crippen molar-refractivity contribution in [3.05, 3.63) is 58.1 Å². The molecule has 3 nitrogen and oxygen atoms in total. The Bertz CT molecular complexity index is 567. The molecule has 0 heterocycles. The maximum Gasteiger partial charge on any atom is 0.126 e. The van der Waals surface area contributed by atoms with Gasteiger partial charge in [0.2, 0.25) is 0 Å². The van der Waals surface area contributed by atoms with E-state index in [0.717, 1.165) is 15.6 Å². The first kappa shape index (κ1) is 13.9. The zero-order valence-electron chi connectivity index (χ0n) is 10.5. The average molecular weight is 323 g/mol. The molecule has 0 bridgehead atoms. The second-order valence-corrected chi connectivity index (χ2v) is 5.23. The smallest absolute Gasteiger partial charge is 0.126 e. The van der Waals surface area contributed by atoms with Crippen LogP contribution < -0.4 is 4.74 Å². The van der Waals surface area contributed by atoms with E-state index in [-0.39, 0.29) is 5.75 Å². The highest BCUT2D eigenvalue weighted by atomic mass is 79.9. The maximum absolute atomic E-state index is 9.70. The van der Waals surface area contributed by atoms with Gasteiger partial charge in [0.05, 0.1) is 6.10 Å². The molecule has 4 heteroatoms. The molecular weight excluding hydrogens is 308 g/mol. The quantitative estimate of drug-likeness (QED) is 0.900. The lowest BCUT2D eigenvalue weighted by Crippen LogP contribution is -2.01. The molecule has 1 atom stereocenters. The van der Waals surface area contributed by atoms with Crippen LogP contribution in [-0.4, -0.2) is 10.2 Å². The molecular formula is C15H15BrO3. The SMILES string of the molecule is CC(O)c1ccc(Br)cc1OCc1cccc(O)c1. The van der Waals surface area contributed by atoms with Gasteiger partial charge < -0.3 is 14.9 Å². The molecule has 0 aromatic heterocycles. The normalized spacial score (nSPS) is 12.2. The van der Waals surface area contributed by atoms with Crippen LogP contribution in [0.4, 0.5) is 0 Å². The topological polar surface area (TPSA) is 49.7 Å². The zero-order valence-corrected chi connectivity index (χ0v) is 12.1. The highest BCUT2D eigenvalue weighted by molar-refractivity contribution is 9.10. The Morgan fingerprint density at radius 2 is 2.00 bits per heavy atom. The summed E-state index contributed by atoms with van der Waals surface area (Å²) in [7, 11) is 0. The van der Waals surface area contributed by atoms with Crippen LogP contribution in [0.25, 0.3) is 0 Å². The van der Waals surface area contributed by atoms with Crippen molar-refractivity contribution in [1.82, 2.24) is 0 Å². The summed E-state index contributed by atoms with van der Waals surface area (Å²) in [5, 5.41) is 19.1. The van der Waals surface area contributed by atoms with Gasteiger partial charge in [-0.25, -0.2) is 0 Å². The summed E-state index contributed by atoms with van der Waals surface area (Å²) in [4.78, 5) is 0. The molecule has 2 rings (SSSR count). The largest absolute Gasteiger partial charge is 0.508 e. The summed E-state index contributed by atoms with van der Waals surface area (Å²) in [6, 6.07) is 12.4. The number of benzene rings is 2. The fourth-order valence-corrected chi connectivity index (χ4v) is 2.13. The van der Waals surface area contributed by atoms with Crippen molar-refractivity contribution < 1.29 is 14.9 Å². The fraction of sp³-hybridized carbons (Fsp3) is 0.200. The minimum absolute atomic E-state index is 0.214. The third-order valence-electron chi connectivity index (χ3n) is 2.73. The third-order valence-corrected chi connectivity index (χ3v) is 3.22. The summed E-state index contributed by atoms with van der Waals surface area (Å²) in [6.45, 7) is 2.04. The number of phenols is 1. The number of aliphatic hydroxyl groups is 1. The van der Waals surface area contributed by atoms with Gasteiger partial charge in [-0.05, 0) is 36.8 Å². The summed E-state index contributed by atoms with van der Waals surface area (Å²) in [5.74, 6) is 0.846. The molecule has 2 aromatic carbocycles. The second-order valence-electron chi connectivity index (χ2n) is 4.32. The number of phenolic OH excluding ortho intramolecular Hbond substituents is 1. The molecule has 0 fully saturated rings. The Morgan fingerprint density at radius 1 is 1.21 bits per heavy atom. The Balaban J connectivity index is 2.17. The number of aliphatic hydroxyl groups excluding tert-OH is 1. The summed E-state index contributed by atoms with van der Waals surface area (Å²) < 4.78 is 6.61. The highest BCUT2D eigenvalue weighted by Crippen LogP contribution is 2.29. The van der Waals surface area contributed by atoms with E-state index in [0.29, 0.717) is 12.4 Å². The molecule has 0 aliphatic rings. The van der Waals surface area contributed by atoms with Crippen LogP contribution in [0.3, 0.4) is 0 Å². The Hall–Kier alpha value is -1.52. The molecule has 0 spiro atoms. The van der Waals surface area contributed by atoms with Gasteiger partial charge in [-0.15, -0.1) is 0 Å². The number of hydrogen-bond acceptors (Lipinski definition) is 3. The Labute approximate surface area is 120 Å². The number of rotatable bonds is 4. The van der Waals surface area contributed by atoms with E-state index in [1.54, 1.807) is 25.1 Å². The third kappa shape index (κ3) is 3.72. The van der Waals surface area contributed by atoms with Crippen LogP contribution in [0, 0.1) is 0 Å². The van der Waals surface area contributed by atoms with Gasteiger partial charge in [0.15, 0.2) is 0 Å². The van der Waals surface area contributed by atoms with Crippen molar-refractivity contribution in [3.8, 4) is 11.5 Å². The lowest BCUT2D eigenvalue weighted by atomic mass is 10.1. The van der Waals surface area contributed by atoms with Gasteiger partial charge in [0.1, 0.15) is 18.1 Å². The van der Waals surface area contributed by atoms with E-state index in [2.05, 4.69) is 15.9 Å². The van der Waals surface area contributed by atoms with Crippen molar-refractivity contribution in [1.29, 1.82) is 0 Å². The van der Waals surface area contributed by atoms with Crippen LogP contribution in [0.2, 0.25) is 0 Å².